The molecule has 0 saturated heterocycles. The predicted octanol–water partition coefficient (Wildman–Crippen LogP) is 4.89. The van der Waals surface area contributed by atoms with E-state index in [0.717, 1.165) is 13.0 Å². The van der Waals surface area contributed by atoms with Crippen molar-refractivity contribution in [3.63, 3.8) is 0 Å². The van der Waals surface area contributed by atoms with Crippen LogP contribution < -0.4 is 4.57 Å². The van der Waals surface area contributed by atoms with Gasteiger partial charge in [-0.2, -0.15) is 0 Å². The van der Waals surface area contributed by atoms with Gasteiger partial charge in [0.2, 0.25) is 0 Å². The van der Waals surface area contributed by atoms with E-state index in [1.165, 1.54) is 57.5 Å². The number of rotatable bonds is 3. The second kappa shape index (κ2) is 6.01. The van der Waals surface area contributed by atoms with Crippen LogP contribution in [0.3, 0.4) is 0 Å². The van der Waals surface area contributed by atoms with Gasteiger partial charge in [0.05, 0.1) is 19.2 Å². The van der Waals surface area contributed by atoms with Crippen molar-refractivity contribution in [2.75, 3.05) is 0 Å². The van der Waals surface area contributed by atoms with Crippen LogP contribution in [0.15, 0.2) is 30.3 Å². The summed E-state index contributed by atoms with van der Waals surface area (Å²) >= 11 is 0. The van der Waals surface area contributed by atoms with Crippen LogP contribution in [0.4, 0.5) is 0 Å². The minimum absolute atomic E-state index is 0.694. The molecule has 0 atom stereocenters. The molecule has 25 heavy (non-hydrogen) atoms. The maximum atomic E-state index is 2.56. The Morgan fingerprint density at radius 1 is 1.12 bits per heavy atom. The molecule has 0 unspecified atom stereocenters. The number of benzene rings is 2. The van der Waals surface area contributed by atoms with E-state index in [0.29, 0.717) is 5.92 Å². The van der Waals surface area contributed by atoms with Gasteiger partial charge in [0.25, 0.3) is 5.82 Å². The van der Waals surface area contributed by atoms with Gasteiger partial charge in [0.1, 0.15) is 0 Å². The third kappa shape index (κ3) is 2.68. The van der Waals surface area contributed by atoms with E-state index in [9.17, 15) is 0 Å². The summed E-state index contributed by atoms with van der Waals surface area (Å²) in [4.78, 5) is 0. The van der Waals surface area contributed by atoms with Gasteiger partial charge in [0, 0.05) is 5.56 Å². The molecule has 2 nitrogen and oxygen atoms in total. The molecule has 2 heterocycles. The van der Waals surface area contributed by atoms with Gasteiger partial charge in [-0.1, -0.05) is 37.6 Å². The zero-order valence-corrected chi connectivity index (χ0v) is 16.2. The van der Waals surface area contributed by atoms with Crippen LogP contribution in [-0.2, 0) is 26.4 Å². The van der Waals surface area contributed by atoms with Crippen molar-refractivity contribution in [1.82, 2.24) is 4.57 Å². The van der Waals surface area contributed by atoms with E-state index >= 15 is 0 Å². The first kappa shape index (κ1) is 16.4. The molecular weight excluding hydrogens is 304 g/mol. The van der Waals surface area contributed by atoms with E-state index in [1.807, 2.05) is 0 Å². The molecule has 2 aromatic carbocycles. The first-order valence-electron chi connectivity index (χ1n) is 9.57. The van der Waals surface area contributed by atoms with Gasteiger partial charge in [-0.05, 0) is 62.3 Å². The molecule has 1 aromatic heterocycles. The largest absolute Gasteiger partial charge is 0.289 e. The Labute approximate surface area is 151 Å². The fourth-order valence-electron chi connectivity index (χ4n) is 4.53. The summed E-state index contributed by atoms with van der Waals surface area (Å²) in [6, 6.07) is 11.7. The molecule has 0 N–H and O–H groups in total. The standard InChI is InChI=1S/C23H29N2/c1-15(2)11-18-13-19-7-6-10-25-22(19)21(14-18)24(5)23(25)20-9-8-16(3)12-17(20)4/h8-9,12-15H,6-7,10-11H2,1-5H3/q+1. The molecule has 0 radical (unpaired) electrons. The lowest BCUT2D eigenvalue weighted by atomic mass is 9.96. The Hall–Kier alpha value is -2.09. The van der Waals surface area contributed by atoms with Crippen LogP contribution in [0.5, 0.6) is 0 Å². The molecule has 2 heteroatoms. The molecule has 0 spiro atoms. The van der Waals surface area contributed by atoms with Gasteiger partial charge < -0.3 is 0 Å². The summed E-state index contributed by atoms with van der Waals surface area (Å²) in [7, 11) is 2.24. The van der Waals surface area contributed by atoms with Gasteiger partial charge in [-0.25, -0.2) is 9.13 Å². The Morgan fingerprint density at radius 3 is 2.64 bits per heavy atom. The molecule has 0 bridgehead atoms. The van der Waals surface area contributed by atoms with Gasteiger partial charge in [-0.15, -0.1) is 0 Å². The maximum Gasteiger partial charge on any atom is 0.289 e. The van der Waals surface area contributed by atoms with Gasteiger partial charge in [0.15, 0.2) is 11.0 Å². The van der Waals surface area contributed by atoms with Crippen molar-refractivity contribution in [3.8, 4) is 11.4 Å². The normalized spacial score (nSPS) is 13.8. The minimum Gasteiger partial charge on any atom is -0.226 e. The Morgan fingerprint density at radius 2 is 1.92 bits per heavy atom. The van der Waals surface area contributed by atoms with Crippen LogP contribution in [0.25, 0.3) is 22.4 Å². The van der Waals surface area contributed by atoms with Crippen molar-refractivity contribution >= 4 is 11.0 Å². The monoisotopic (exact) mass is 333 g/mol. The van der Waals surface area contributed by atoms with Crippen LogP contribution in [0.1, 0.15) is 42.5 Å². The molecule has 0 fully saturated rings. The van der Waals surface area contributed by atoms with Crippen molar-refractivity contribution in [3.05, 3.63) is 52.6 Å². The van der Waals surface area contributed by atoms with E-state index in [2.05, 4.69) is 74.2 Å². The molecule has 0 amide bonds. The number of aryl methyl sites for hydroxylation is 5. The van der Waals surface area contributed by atoms with Gasteiger partial charge in [-0.3, -0.25) is 0 Å². The number of nitrogens with zero attached hydrogens (tertiary/aromatic N) is 2. The van der Waals surface area contributed by atoms with E-state index in [4.69, 9.17) is 0 Å². The number of hydrogen-bond acceptors (Lipinski definition) is 0. The summed E-state index contributed by atoms with van der Waals surface area (Å²) < 4.78 is 4.98. The molecule has 130 valence electrons. The van der Waals surface area contributed by atoms with Crippen LogP contribution in [-0.4, -0.2) is 4.57 Å². The highest BCUT2D eigenvalue weighted by molar-refractivity contribution is 5.81. The molecule has 0 saturated carbocycles. The van der Waals surface area contributed by atoms with E-state index < -0.39 is 0 Å². The molecule has 1 aliphatic heterocycles. The smallest absolute Gasteiger partial charge is 0.226 e. The van der Waals surface area contributed by atoms with E-state index in [-0.39, 0.29) is 0 Å². The predicted molar refractivity (Wildman–Crippen MR) is 105 cm³/mol. The summed E-state index contributed by atoms with van der Waals surface area (Å²) in [6.45, 7) is 10.1. The topological polar surface area (TPSA) is 8.81 Å². The third-order valence-electron chi connectivity index (χ3n) is 5.53. The van der Waals surface area contributed by atoms with Crippen LogP contribution >= 0.6 is 0 Å². The molecule has 0 aliphatic carbocycles. The summed E-state index contributed by atoms with van der Waals surface area (Å²) in [5.41, 5.74) is 9.93. The number of imidazole rings is 1. The lowest BCUT2D eigenvalue weighted by Gasteiger charge is -2.13. The zero-order chi connectivity index (χ0) is 17.7. The first-order valence-corrected chi connectivity index (χ1v) is 9.57. The summed E-state index contributed by atoms with van der Waals surface area (Å²) in [5.74, 6) is 2.05. The minimum atomic E-state index is 0.694. The second-order valence-electron chi connectivity index (χ2n) is 8.18. The van der Waals surface area contributed by atoms with Crippen molar-refractivity contribution in [1.29, 1.82) is 0 Å². The van der Waals surface area contributed by atoms with Crippen LogP contribution in [0, 0.1) is 19.8 Å². The lowest BCUT2D eigenvalue weighted by Crippen LogP contribution is -2.39. The van der Waals surface area contributed by atoms with E-state index in [1.54, 1.807) is 0 Å². The molecular formula is C23H29N2+. The molecule has 1 aliphatic rings. The fraction of sp³-hybridized carbons (Fsp3) is 0.435. The Kier molecular flexibility index (Phi) is 3.94. The first-order chi connectivity index (χ1) is 12.0. The zero-order valence-electron chi connectivity index (χ0n) is 16.2. The highest BCUT2D eigenvalue weighted by Crippen LogP contribution is 2.31. The van der Waals surface area contributed by atoms with Gasteiger partial charge >= 0.3 is 0 Å². The average molecular weight is 333 g/mol. The quantitative estimate of drug-likeness (QED) is 0.603. The number of hydrogen-bond donors (Lipinski definition) is 0. The van der Waals surface area contributed by atoms with Crippen LogP contribution in [0.2, 0.25) is 0 Å². The summed E-state index contributed by atoms with van der Waals surface area (Å²) in [6.07, 6.45) is 3.60. The highest BCUT2D eigenvalue weighted by Gasteiger charge is 2.30. The summed E-state index contributed by atoms with van der Waals surface area (Å²) in [5, 5.41) is 0. The fourth-order valence-corrected chi connectivity index (χ4v) is 4.53. The Bertz CT molecular complexity index is 960. The van der Waals surface area contributed by atoms with Crippen molar-refractivity contribution < 1.29 is 4.57 Å². The SMILES string of the molecule is Cc1ccc(-c2n(C)c3cc(CC(C)C)cc4c3[n+]2CCC4)c(C)c1. The average Bonchev–Trinajstić information content (AvgIpc) is 2.82. The highest BCUT2D eigenvalue weighted by atomic mass is 15.2. The Balaban J connectivity index is 2.00. The molecule has 3 aromatic rings. The lowest BCUT2D eigenvalue weighted by molar-refractivity contribution is -0.664. The number of aromatic nitrogens is 2. The molecule has 4 rings (SSSR count). The third-order valence-corrected chi connectivity index (χ3v) is 5.53. The van der Waals surface area contributed by atoms with Crippen molar-refractivity contribution in [2.24, 2.45) is 13.0 Å². The maximum absolute atomic E-state index is 2.56. The second-order valence-corrected chi connectivity index (χ2v) is 8.18. The van der Waals surface area contributed by atoms with Crippen molar-refractivity contribution in [2.45, 2.75) is 53.5 Å².